The molecule has 25 heavy (non-hydrogen) atoms. The first kappa shape index (κ1) is 20.1. The maximum Gasteiger partial charge on any atom is 0.191 e. The summed E-state index contributed by atoms with van der Waals surface area (Å²) in [5, 5.41) is 7.02. The van der Waals surface area contributed by atoms with E-state index in [-0.39, 0.29) is 29.4 Å². The van der Waals surface area contributed by atoms with E-state index >= 15 is 0 Å². The quantitative estimate of drug-likeness (QED) is 0.412. The minimum absolute atomic E-state index is 0. The van der Waals surface area contributed by atoms with Crippen molar-refractivity contribution in [3.63, 3.8) is 0 Å². The van der Waals surface area contributed by atoms with Crippen LogP contribution in [0.3, 0.4) is 0 Å². The standard InChI is InChI=1S/C19H29N3O2.HI/c1-19(2,13-21-18(20-3)22-15-6-4-5-7-15)14-8-9-16-17(12-14)24-11-10-23-16;/h8-9,12,15H,4-7,10-11,13H2,1-3H3,(H2,20,21,22);1H. The summed E-state index contributed by atoms with van der Waals surface area (Å²) in [6.45, 7) is 6.51. The van der Waals surface area contributed by atoms with E-state index in [0.29, 0.717) is 19.3 Å². The Morgan fingerprint density at radius 1 is 1.16 bits per heavy atom. The molecule has 6 heteroatoms. The molecule has 0 saturated heterocycles. The second-order valence-corrected chi connectivity index (χ2v) is 7.29. The zero-order chi connectivity index (χ0) is 17.0. The Morgan fingerprint density at radius 2 is 1.84 bits per heavy atom. The second kappa shape index (κ2) is 8.96. The van der Waals surface area contributed by atoms with Gasteiger partial charge in [-0.15, -0.1) is 24.0 Å². The molecule has 0 spiro atoms. The van der Waals surface area contributed by atoms with Gasteiger partial charge in [-0.05, 0) is 30.5 Å². The number of fused-ring (bicyclic) bond motifs is 1. The first-order valence-corrected chi connectivity index (χ1v) is 8.96. The normalized spacial score (nSPS) is 17.8. The van der Waals surface area contributed by atoms with Gasteiger partial charge >= 0.3 is 0 Å². The van der Waals surface area contributed by atoms with Crippen LogP contribution in [0.4, 0.5) is 0 Å². The van der Waals surface area contributed by atoms with Crippen molar-refractivity contribution in [2.75, 3.05) is 26.8 Å². The van der Waals surface area contributed by atoms with Gasteiger partial charge in [0.25, 0.3) is 0 Å². The van der Waals surface area contributed by atoms with Crippen LogP contribution in [0.15, 0.2) is 23.2 Å². The van der Waals surface area contributed by atoms with Gasteiger partial charge in [-0.25, -0.2) is 0 Å². The number of nitrogens with zero attached hydrogens (tertiary/aromatic N) is 1. The van der Waals surface area contributed by atoms with Crippen molar-refractivity contribution in [1.82, 2.24) is 10.6 Å². The number of halogens is 1. The molecule has 0 radical (unpaired) electrons. The van der Waals surface area contributed by atoms with Gasteiger partial charge in [-0.2, -0.15) is 0 Å². The maximum absolute atomic E-state index is 5.71. The van der Waals surface area contributed by atoms with Crippen LogP contribution in [0.5, 0.6) is 11.5 Å². The van der Waals surface area contributed by atoms with Crippen molar-refractivity contribution < 1.29 is 9.47 Å². The van der Waals surface area contributed by atoms with Crippen LogP contribution in [0.25, 0.3) is 0 Å². The van der Waals surface area contributed by atoms with Crippen molar-refractivity contribution in [3.05, 3.63) is 23.8 Å². The SMILES string of the molecule is CN=C(NCC(C)(C)c1ccc2c(c1)OCCO2)NC1CCCC1.I. The first-order valence-electron chi connectivity index (χ1n) is 8.96. The minimum Gasteiger partial charge on any atom is -0.486 e. The van der Waals surface area contributed by atoms with Gasteiger partial charge in [0, 0.05) is 25.0 Å². The molecular formula is C19H30IN3O2. The Morgan fingerprint density at radius 3 is 2.52 bits per heavy atom. The van der Waals surface area contributed by atoms with Gasteiger partial charge in [0.05, 0.1) is 0 Å². The molecule has 1 saturated carbocycles. The third kappa shape index (κ3) is 5.15. The largest absolute Gasteiger partial charge is 0.486 e. The lowest BCUT2D eigenvalue weighted by molar-refractivity contribution is 0.171. The Kier molecular flexibility index (Phi) is 7.22. The molecule has 1 aliphatic carbocycles. The van der Waals surface area contributed by atoms with Crippen LogP contribution in [0, 0.1) is 0 Å². The van der Waals surface area contributed by atoms with Crippen molar-refractivity contribution in [3.8, 4) is 11.5 Å². The average Bonchev–Trinajstić information content (AvgIpc) is 3.11. The molecule has 0 atom stereocenters. The highest BCUT2D eigenvalue weighted by molar-refractivity contribution is 14.0. The molecule has 1 aliphatic heterocycles. The van der Waals surface area contributed by atoms with Gasteiger partial charge in [-0.3, -0.25) is 4.99 Å². The highest BCUT2D eigenvalue weighted by Gasteiger charge is 2.24. The van der Waals surface area contributed by atoms with Gasteiger partial charge in [0.15, 0.2) is 17.5 Å². The van der Waals surface area contributed by atoms with Crippen molar-refractivity contribution in [2.24, 2.45) is 4.99 Å². The second-order valence-electron chi connectivity index (χ2n) is 7.29. The Balaban J connectivity index is 0.00000225. The third-order valence-corrected chi connectivity index (χ3v) is 4.94. The summed E-state index contributed by atoms with van der Waals surface area (Å²) in [7, 11) is 1.83. The van der Waals surface area contributed by atoms with Crippen molar-refractivity contribution in [2.45, 2.75) is 51.0 Å². The molecular weight excluding hydrogens is 429 g/mol. The molecule has 1 heterocycles. The summed E-state index contributed by atoms with van der Waals surface area (Å²) in [6.07, 6.45) is 5.12. The van der Waals surface area contributed by atoms with E-state index in [0.717, 1.165) is 24.0 Å². The number of hydrogen-bond acceptors (Lipinski definition) is 3. The maximum atomic E-state index is 5.71. The van der Waals surface area contributed by atoms with E-state index in [1.54, 1.807) is 0 Å². The zero-order valence-electron chi connectivity index (χ0n) is 15.4. The van der Waals surface area contributed by atoms with Crippen LogP contribution < -0.4 is 20.1 Å². The molecule has 0 bridgehead atoms. The van der Waals surface area contributed by atoms with Crippen LogP contribution in [0.1, 0.15) is 45.1 Å². The zero-order valence-corrected chi connectivity index (χ0v) is 17.8. The summed E-state index contributed by atoms with van der Waals surface area (Å²) in [5.74, 6) is 2.58. The van der Waals surface area contributed by atoms with Gasteiger partial charge in [0.1, 0.15) is 13.2 Å². The molecule has 3 rings (SSSR count). The fraction of sp³-hybridized carbons (Fsp3) is 0.632. The lowest BCUT2D eigenvalue weighted by atomic mass is 9.84. The number of ether oxygens (including phenoxy) is 2. The minimum atomic E-state index is -0.0386. The molecule has 1 fully saturated rings. The number of hydrogen-bond donors (Lipinski definition) is 2. The lowest BCUT2D eigenvalue weighted by Gasteiger charge is -2.29. The summed E-state index contributed by atoms with van der Waals surface area (Å²) in [4.78, 5) is 4.37. The summed E-state index contributed by atoms with van der Waals surface area (Å²) < 4.78 is 11.3. The lowest BCUT2D eigenvalue weighted by Crippen LogP contribution is -2.46. The number of nitrogens with one attached hydrogen (secondary N) is 2. The van der Waals surface area contributed by atoms with E-state index in [1.165, 1.54) is 31.2 Å². The summed E-state index contributed by atoms with van der Waals surface area (Å²) >= 11 is 0. The van der Waals surface area contributed by atoms with Gasteiger partial charge < -0.3 is 20.1 Å². The number of guanidine groups is 1. The molecule has 2 aliphatic rings. The Labute approximate surface area is 168 Å². The number of rotatable bonds is 4. The molecule has 5 nitrogen and oxygen atoms in total. The van der Waals surface area contributed by atoms with E-state index in [4.69, 9.17) is 9.47 Å². The summed E-state index contributed by atoms with van der Waals surface area (Å²) in [5.41, 5.74) is 1.19. The van der Waals surface area contributed by atoms with E-state index in [2.05, 4.69) is 41.6 Å². The molecule has 0 unspecified atom stereocenters. The molecule has 0 aromatic heterocycles. The number of aliphatic imine (C=N–C) groups is 1. The monoisotopic (exact) mass is 459 g/mol. The Hall–Kier alpha value is -1.18. The van der Waals surface area contributed by atoms with Crippen LogP contribution >= 0.6 is 24.0 Å². The predicted molar refractivity (Wildman–Crippen MR) is 113 cm³/mol. The predicted octanol–water partition coefficient (Wildman–Crippen LogP) is 3.46. The molecule has 1 aromatic carbocycles. The van der Waals surface area contributed by atoms with Crippen LogP contribution in [-0.2, 0) is 5.41 Å². The van der Waals surface area contributed by atoms with Crippen LogP contribution in [0.2, 0.25) is 0 Å². The molecule has 0 amide bonds. The molecule has 140 valence electrons. The van der Waals surface area contributed by atoms with E-state index in [9.17, 15) is 0 Å². The topological polar surface area (TPSA) is 54.9 Å². The summed E-state index contributed by atoms with van der Waals surface area (Å²) in [6, 6.07) is 6.80. The first-order chi connectivity index (χ1) is 11.6. The fourth-order valence-corrected chi connectivity index (χ4v) is 3.33. The smallest absolute Gasteiger partial charge is 0.191 e. The third-order valence-electron chi connectivity index (χ3n) is 4.94. The van der Waals surface area contributed by atoms with Gasteiger partial charge in [-0.1, -0.05) is 32.8 Å². The molecule has 1 aromatic rings. The molecule has 2 N–H and O–H groups in total. The average molecular weight is 459 g/mol. The fourth-order valence-electron chi connectivity index (χ4n) is 3.33. The Bertz CT molecular complexity index is 598. The number of benzene rings is 1. The van der Waals surface area contributed by atoms with Crippen molar-refractivity contribution >= 4 is 29.9 Å². The van der Waals surface area contributed by atoms with E-state index < -0.39 is 0 Å². The van der Waals surface area contributed by atoms with Crippen LogP contribution in [-0.4, -0.2) is 38.8 Å². The highest BCUT2D eigenvalue weighted by atomic mass is 127. The van der Waals surface area contributed by atoms with Gasteiger partial charge in [0.2, 0.25) is 0 Å². The van der Waals surface area contributed by atoms with Crippen molar-refractivity contribution in [1.29, 1.82) is 0 Å². The highest BCUT2D eigenvalue weighted by Crippen LogP contribution is 2.34. The van der Waals surface area contributed by atoms with E-state index in [1.807, 2.05) is 13.1 Å².